The summed E-state index contributed by atoms with van der Waals surface area (Å²) in [6.45, 7) is 1.25. The molecule has 0 aromatic heterocycles. The van der Waals surface area contributed by atoms with Crippen LogP contribution in [0.3, 0.4) is 0 Å². The van der Waals surface area contributed by atoms with Gasteiger partial charge in [0.25, 0.3) is 0 Å². The van der Waals surface area contributed by atoms with Crippen molar-refractivity contribution < 1.29 is 24.9 Å². The second kappa shape index (κ2) is 3.82. The average Bonchev–Trinajstić information content (AvgIpc) is 2.16. The van der Waals surface area contributed by atoms with Crippen LogP contribution < -0.4 is 5.73 Å². The van der Waals surface area contributed by atoms with E-state index < -0.39 is 23.2 Å². The van der Waals surface area contributed by atoms with Gasteiger partial charge in [0.05, 0.1) is 0 Å². The Morgan fingerprint density at radius 2 is 1.88 bits per heavy atom. The lowest BCUT2D eigenvalue weighted by Gasteiger charge is -2.20. The molecule has 0 fully saturated rings. The number of nitrogens with two attached hydrogens (primary N) is 1. The summed E-state index contributed by atoms with van der Waals surface area (Å²) in [6.07, 6.45) is 0. The fraction of sp³-hybridized carbons (Fsp3) is 0.200. The van der Waals surface area contributed by atoms with Crippen molar-refractivity contribution in [1.29, 1.82) is 0 Å². The molecule has 1 aromatic carbocycles. The van der Waals surface area contributed by atoms with Crippen molar-refractivity contribution in [2.24, 2.45) is 5.73 Å². The first kappa shape index (κ1) is 12.0. The molecule has 0 aliphatic heterocycles. The molecule has 0 aliphatic rings. The summed E-state index contributed by atoms with van der Waals surface area (Å²) in [4.78, 5) is 21.4. The molecule has 1 atom stereocenters. The lowest BCUT2D eigenvalue weighted by atomic mass is 9.92. The average molecular weight is 225 g/mol. The first-order chi connectivity index (χ1) is 7.26. The van der Waals surface area contributed by atoms with Crippen molar-refractivity contribution in [3.63, 3.8) is 0 Å². The Hall–Kier alpha value is -2.08. The Labute approximate surface area is 90.9 Å². The predicted octanol–water partition coefficient (Wildman–Crippen LogP) is 0.349. The van der Waals surface area contributed by atoms with Gasteiger partial charge >= 0.3 is 11.9 Å². The van der Waals surface area contributed by atoms with E-state index >= 15 is 0 Å². The Morgan fingerprint density at radius 3 is 2.25 bits per heavy atom. The van der Waals surface area contributed by atoms with E-state index in [9.17, 15) is 14.7 Å². The number of carboxylic acid groups (broad SMARTS) is 2. The van der Waals surface area contributed by atoms with Gasteiger partial charge < -0.3 is 21.1 Å². The molecule has 6 nitrogen and oxygen atoms in total. The molecular formula is C10H11NO5. The van der Waals surface area contributed by atoms with Crippen LogP contribution in [0.5, 0.6) is 5.75 Å². The van der Waals surface area contributed by atoms with Gasteiger partial charge in [0, 0.05) is 0 Å². The second-order valence-corrected chi connectivity index (χ2v) is 3.54. The molecule has 0 saturated heterocycles. The maximum absolute atomic E-state index is 10.8. The molecule has 1 rings (SSSR count). The van der Waals surface area contributed by atoms with E-state index in [0.717, 1.165) is 12.1 Å². The summed E-state index contributed by atoms with van der Waals surface area (Å²) in [5.74, 6) is -3.07. The van der Waals surface area contributed by atoms with Crippen LogP contribution in [0, 0.1) is 0 Å². The van der Waals surface area contributed by atoms with Gasteiger partial charge in [0.1, 0.15) is 16.9 Å². The lowest BCUT2D eigenvalue weighted by molar-refractivity contribution is -0.143. The molecule has 0 radical (unpaired) electrons. The molecule has 0 unspecified atom stereocenters. The minimum absolute atomic E-state index is 0.127. The maximum atomic E-state index is 10.8. The van der Waals surface area contributed by atoms with Crippen molar-refractivity contribution in [1.82, 2.24) is 0 Å². The monoisotopic (exact) mass is 225 g/mol. The zero-order valence-corrected chi connectivity index (χ0v) is 8.47. The van der Waals surface area contributed by atoms with Crippen LogP contribution >= 0.6 is 0 Å². The van der Waals surface area contributed by atoms with Gasteiger partial charge in [-0.3, -0.25) is 0 Å². The fourth-order valence-corrected chi connectivity index (χ4v) is 1.16. The van der Waals surface area contributed by atoms with Crippen LogP contribution in [0.4, 0.5) is 0 Å². The van der Waals surface area contributed by atoms with Gasteiger partial charge in [0.15, 0.2) is 0 Å². The van der Waals surface area contributed by atoms with Crippen molar-refractivity contribution in [2.75, 3.05) is 0 Å². The van der Waals surface area contributed by atoms with Crippen LogP contribution in [0.25, 0.3) is 0 Å². The zero-order chi connectivity index (χ0) is 12.5. The highest BCUT2D eigenvalue weighted by Gasteiger charge is 2.31. The number of aromatic carboxylic acids is 1. The Morgan fingerprint density at radius 1 is 1.31 bits per heavy atom. The lowest BCUT2D eigenvalue weighted by Crippen LogP contribution is -2.41. The molecule has 5 N–H and O–H groups in total. The number of benzene rings is 1. The molecule has 0 aliphatic carbocycles. The number of aliphatic carboxylic acids is 1. The highest BCUT2D eigenvalue weighted by atomic mass is 16.4. The number of carbonyl (C=O) groups is 2. The molecule has 86 valence electrons. The zero-order valence-electron chi connectivity index (χ0n) is 8.47. The molecule has 16 heavy (non-hydrogen) atoms. The highest BCUT2D eigenvalue weighted by Crippen LogP contribution is 2.25. The third-order valence-electron chi connectivity index (χ3n) is 2.27. The van der Waals surface area contributed by atoms with Gasteiger partial charge in [-0.15, -0.1) is 0 Å². The van der Waals surface area contributed by atoms with E-state index in [0.29, 0.717) is 0 Å². The van der Waals surface area contributed by atoms with E-state index in [2.05, 4.69) is 0 Å². The minimum atomic E-state index is -1.67. The summed E-state index contributed by atoms with van der Waals surface area (Å²) in [6, 6.07) is 3.41. The number of hydrogen-bond donors (Lipinski definition) is 4. The van der Waals surface area contributed by atoms with Gasteiger partial charge in [-0.1, -0.05) is 6.07 Å². The van der Waals surface area contributed by atoms with Crippen LogP contribution in [-0.2, 0) is 10.3 Å². The molecule has 0 saturated carbocycles. The first-order valence-electron chi connectivity index (χ1n) is 4.36. The SMILES string of the molecule is C[C@@](N)(C(=O)O)c1ccc(C(=O)O)c(O)c1. The Balaban J connectivity index is 3.26. The molecule has 6 heteroatoms. The van der Waals surface area contributed by atoms with Gasteiger partial charge in [-0.2, -0.15) is 0 Å². The molecule has 1 aromatic rings. The molecule has 0 amide bonds. The van der Waals surface area contributed by atoms with Crippen LogP contribution in [0.15, 0.2) is 18.2 Å². The van der Waals surface area contributed by atoms with Gasteiger partial charge in [-0.25, -0.2) is 9.59 Å². The summed E-state index contributed by atoms with van der Waals surface area (Å²) >= 11 is 0. The fourth-order valence-electron chi connectivity index (χ4n) is 1.16. The van der Waals surface area contributed by atoms with Crippen LogP contribution in [-0.4, -0.2) is 27.3 Å². The topological polar surface area (TPSA) is 121 Å². The van der Waals surface area contributed by atoms with Crippen molar-refractivity contribution >= 4 is 11.9 Å². The molecular weight excluding hydrogens is 214 g/mol. The summed E-state index contributed by atoms with van der Waals surface area (Å²) in [7, 11) is 0. The Kier molecular flexibility index (Phi) is 2.86. The van der Waals surface area contributed by atoms with E-state index in [1.165, 1.54) is 13.0 Å². The standard InChI is InChI=1S/C10H11NO5/c1-10(11,9(15)16)5-2-3-6(8(13)14)7(12)4-5/h2-4,12H,11H2,1H3,(H,13,14)(H,15,16)/t10-/m0/s1. The van der Waals surface area contributed by atoms with Crippen LogP contribution in [0.2, 0.25) is 0 Å². The van der Waals surface area contributed by atoms with E-state index in [1.807, 2.05) is 0 Å². The summed E-state index contributed by atoms with van der Waals surface area (Å²) in [5, 5.41) is 26.9. The Bertz CT molecular complexity index is 453. The van der Waals surface area contributed by atoms with E-state index in [4.69, 9.17) is 15.9 Å². The number of aromatic hydroxyl groups is 1. The molecule has 0 heterocycles. The second-order valence-electron chi connectivity index (χ2n) is 3.54. The minimum Gasteiger partial charge on any atom is -0.507 e. The van der Waals surface area contributed by atoms with E-state index in [-0.39, 0.29) is 11.1 Å². The van der Waals surface area contributed by atoms with Crippen LogP contribution in [0.1, 0.15) is 22.8 Å². The predicted molar refractivity (Wildman–Crippen MR) is 54.2 cm³/mol. The largest absolute Gasteiger partial charge is 0.507 e. The van der Waals surface area contributed by atoms with Crippen molar-refractivity contribution in [3.05, 3.63) is 29.3 Å². The van der Waals surface area contributed by atoms with Crippen molar-refractivity contribution in [2.45, 2.75) is 12.5 Å². The first-order valence-corrected chi connectivity index (χ1v) is 4.36. The number of carboxylic acids is 2. The summed E-state index contributed by atoms with van der Waals surface area (Å²) < 4.78 is 0. The van der Waals surface area contributed by atoms with Crippen molar-refractivity contribution in [3.8, 4) is 5.75 Å². The molecule has 0 spiro atoms. The van der Waals surface area contributed by atoms with E-state index in [1.54, 1.807) is 0 Å². The molecule has 0 bridgehead atoms. The number of phenols is 1. The third kappa shape index (κ3) is 1.96. The normalized spacial score (nSPS) is 14.1. The quantitative estimate of drug-likeness (QED) is 0.589. The maximum Gasteiger partial charge on any atom is 0.339 e. The highest BCUT2D eigenvalue weighted by molar-refractivity contribution is 5.91. The smallest absolute Gasteiger partial charge is 0.339 e. The summed E-state index contributed by atoms with van der Waals surface area (Å²) in [5.41, 5.74) is 3.67. The number of hydrogen-bond acceptors (Lipinski definition) is 4. The third-order valence-corrected chi connectivity index (χ3v) is 2.27. The van der Waals surface area contributed by atoms with Gasteiger partial charge in [0.2, 0.25) is 0 Å². The number of rotatable bonds is 3. The van der Waals surface area contributed by atoms with Gasteiger partial charge in [-0.05, 0) is 24.6 Å².